The fourth-order valence-corrected chi connectivity index (χ4v) is 4.70. The van der Waals surface area contributed by atoms with Crippen LogP contribution in [0.15, 0.2) is 65.6 Å². The average Bonchev–Trinajstić information content (AvgIpc) is 3.13. The second-order valence-electron chi connectivity index (χ2n) is 7.26. The molecule has 0 fully saturated rings. The zero-order valence-electron chi connectivity index (χ0n) is 17.8. The molecule has 0 unspecified atom stereocenters. The maximum absolute atomic E-state index is 12.5. The minimum absolute atomic E-state index is 0.195. The van der Waals surface area contributed by atoms with Crippen LogP contribution in [0.5, 0.6) is 17.2 Å². The van der Waals surface area contributed by atoms with E-state index >= 15 is 0 Å². The normalized spacial score (nSPS) is 11.1. The van der Waals surface area contributed by atoms with Crippen LogP contribution in [0.3, 0.4) is 0 Å². The van der Waals surface area contributed by atoms with Crippen molar-refractivity contribution in [1.82, 2.24) is 4.98 Å². The van der Waals surface area contributed by atoms with Crippen molar-refractivity contribution < 1.29 is 23.0 Å². The molecule has 33 heavy (non-hydrogen) atoms. The van der Waals surface area contributed by atoms with Gasteiger partial charge in [-0.3, -0.25) is 10.1 Å². The Morgan fingerprint density at radius 2 is 1.70 bits per heavy atom. The van der Waals surface area contributed by atoms with Crippen LogP contribution in [0.1, 0.15) is 11.1 Å². The molecule has 0 aliphatic carbocycles. The lowest BCUT2D eigenvalue weighted by Gasteiger charge is -2.09. The number of nitrogens with one attached hydrogen (secondary N) is 1. The average molecular weight is 487 g/mol. The molecule has 0 bridgehead atoms. The number of alkyl halides is 2. The first-order chi connectivity index (χ1) is 15.8. The highest BCUT2D eigenvalue weighted by Gasteiger charge is 2.11. The molecule has 3 aromatic carbocycles. The third-order valence-electron chi connectivity index (χ3n) is 4.46. The summed E-state index contributed by atoms with van der Waals surface area (Å²) in [6, 6.07) is 17.9. The molecule has 0 atom stereocenters. The summed E-state index contributed by atoms with van der Waals surface area (Å²) in [5.41, 5.74) is 2.88. The van der Waals surface area contributed by atoms with Crippen LogP contribution in [-0.4, -0.2) is 23.3 Å². The molecule has 0 saturated heterocycles. The molecule has 1 amide bonds. The molecule has 170 valence electrons. The third-order valence-corrected chi connectivity index (χ3v) is 6.09. The molecule has 0 spiro atoms. The Balaban J connectivity index is 1.31. The number of amides is 1. The number of hydrogen-bond donors (Lipinski definition) is 1. The van der Waals surface area contributed by atoms with E-state index in [9.17, 15) is 13.6 Å². The number of thiazole rings is 1. The lowest BCUT2D eigenvalue weighted by Crippen LogP contribution is -2.19. The third kappa shape index (κ3) is 6.43. The largest absolute Gasteiger partial charge is 0.484 e. The maximum atomic E-state index is 12.5. The van der Waals surface area contributed by atoms with Gasteiger partial charge in [0.15, 0.2) is 11.7 Å². The summed E-state index contributed by atoms with van der Waals surface area (Å²) in [7, 11) is 0. The molecule has 4 rings (SSSR count). The number of ether oxygens (including phenoxy) is 2. The van der Waals surface area contributed by atoms with Gasteiger partial charge in [-0.2, -0.15) is 8.78 Å². The number of anilines is 1. The van der Waals surface area contributed by atoms with Crippen LogP contribution in [0.4, 0.5) is 13.9 Å². The lowest BCUT2D eigenvalue weighted by atomic mass is 10.1. The Kier molecular flexibility index (Phi) is 7.10. The van der Waals surface area contributed by atoms with Gasteiger partial charge in [-0.05, 0) is 79.6 Å². The van der Waals surface area contributed by atoms with Gasteiger partial charge in [0.2, 0.25) is 0 Å². The fourth-order valence-electron chi connectivity index (χ4n) is 3.17. The first kappa shape index (κ1) is 23.0. The number of nitrogens with zero attached hydrogens (tertiary/aromatic N) is 1. The van der Waals surface area contributed by atoms with Crippen molar-refractivity contribution in [2.45, 2.75) is 24.5 Å². The molecule has 0 aliphatic rings. The van der Waals surface area contributed by atoms with E-state index in [2.05, 4.69) is 16.4 Å². The summed E-state index contributed by atoms with van der Waals surface area (Å²) < 4.78 is 37.2. The van der Waals surface area contributed by atoms with Gasteiger partial charge < -0.3 is 9.47 Å². The van der Waals surface area contributed by atoms with E-state index in [0.29, 0.717) is 38.8 Å². The zero-order valence-corrected chi connectivity index (χ0v) is 19.4. The number of benzene rings is 3. The van der Waals surface area contributed by atoms with Gasteiger partial charge in [-0.1, -0.05) is 29.2 Å². The molecular weight excluding hydrogens is 466 g/mol. The van der Waals surface area contributed by atoms with Crippen LogP contribution in [0, 0.1) is 13.8 Å². The minimum atomic E-state index is -2.49. The first-order valence-corrected chi connectivity index (χ1v) is 11.7. The summed E-state index contributed by atoms with van der Waals surface area (Å²) in [5.74, 6) is -0.909. The summed E-state index contributed by atoms with van der Waals surface area (Å²) in [5, 5.41) is 3.06. The van der Waals surface area contributed by atoms with Crippen molar-refractivity contribution in [3.05, 3.63) is 71.8 Å². The number of hydrogen-bond acceptors (Lipinski definition) is 6. The quantitative estimate of drug-likeness (QED) is 0.271. The van der Waals surface area contributed by atoms with E-state index in [1.165, 1.54) is 11.3 Å². The van der Waals surface area contributed by atoms with Gasteiger partial charge in [0.05, 0.1) is 10.2 Å². The molecule has 9 heteroatoms. The lowest BCUT2D eigenvalue weighted by molar-refractivity contribution is -0.118. The molecular formula is C24H20F2N2O3S2. The van der Waals surface area contributed by atoms with E-state index in [4.69, 9.17) is 9.47 Å². The van der Waals surface area contributed by atoms with Crippen molar-refractivity contribution in [2.24, 2.45) is 0 Å². The van der Waals surface area contributed by atoms with Gasteiger partial charge in [-0.25, -0.2) is 4.98 Å². The highest BCUT2D eigenvalue weighted by Crippen LogP contribution is 2.32. The second-order valence-corrected chi connectivity index (χ2v) is 9.35. The Morgan fingerprint density at radius 3 is 2.39 bits per heavy atom. The van der Waals surface area contributed by atoms with E-state index in [0.717, 1.165) is 21.6 Å². The summed E-state index contributed by atoms with van der Waals surface area (Å²) >= 11 is 1.69. The van der Waals surface area contributed by atoms with E-state index in [-0.39, 0.29) is 12.5 Å². The zero-order chi connectivity index (χ0) is 23.4. The molecule has 0 radical (unpaired) electrons. The number of aromatic nitrogens is 1. The highest BCUT2D eigenvalue weighted by molar-refractivity contribution is 7.99. The maximum Gasteiger partial charge on any atom is 0.288 e. The number of halogens is 2. The van der Waals surface area contributed by atoms with E-state index in [1.807, 2.05) is 26.0 Å². The first-order valence-electron chi connectivity index (χ1n) is 9.98. The number of rotatable bonds is 8. The van der Waals surface area contributed by atoms with Crippen LogP contribution in [0.2, 0.25) is 0 Å². The minimum Gasteiger partial charge on any atom is -0.484 e. The van der Waals surface area contributed by atoms with Crippen molar-refractivity contribution in [3.8, 4) is 17.2 Å². The summed E-state index contributed by atoms with van der Waals surface area (Å²) in [6.07, 6.45) is 0. The highest BCUT2D eigenvalue weighted by atomic mass is 32.2. The van der Waals surface area contributed by atoms with Gasteiger partial charge in [0, 0.05) is 4.90 Å². The molecule has 1 heterocycles. The number of aryl methyl sites for hydroxylation is 2. The molecule has 0 aliphatic heterocycles. The number of fused-ring (bicyclic) bond motifs is 1. The molecule has 5 nitrogen and oxygen atoms in total. The van der Waals surface area contributed by atoms with Gasteiger partial charge >= 0.3 is 0 Å². The SMILES string of the molecule is Cc1cc(C)cc(Oc2ccc(OCC(=O)Nc3nc4ccc(SC(F)F)cc4s3)cc2)c1. The predicted molar refractivity (Wildman–Crippen MR) is 128 cm³/mol. The van der Waals surface area contributed by atoms with Gasteiger partial charge in [0.1, 0.15) is 17.2 Å². The molecule has 1 N–H and O–H groups in total. The van der Waals surface area contributed by atoms with Crippen molar-refractivity contribution >= 4 is 44.4 Å². The molecule has 1 aromatic heterocycles. The van der Waals surface area contributed by atoms with Crippen molar-refractivity contribution in [3.63, 3.8) is 0 Å². The number of thioether (sulfide) groups is 1. The summed E-state index contributed by atoms with van der Waals surface area (Å²) in [4.78, 5) is 17.0. The van der Waals surface area contributed by atoms with Crippen molar-refractivity contribution in [2.75, 3.05) is 11.9 Å². The van der Waals surface area contributed by atoms with Crippen LogP contribution < -0.4 is 14.8 Å². The second kappa shape index (κ2) is 10.2. The molecule has 0 saturated carbocycles. The Morgan fingerprint density at radius 1 is 1.00 bits per heavy atom. The topological polar surface area (TPSA) is 60.5 Å². The van der Waals surface area contributed by atoms with Crippen LogP contribution in [-0.2, 0) is 4.79 Å². The standard InChI is InChI=1S/C24H20F2N2O3S2/c1-14-9-15(2)11-18(10-14)31-17-5-3-16(4-6-17)30-13-22(29)28-24-27-20-8-7-19(32-23(25)26)12-21(20)33-24/h3-12,23H,13H2,1-2H3,(H,27,28,29). The summed E-state index contributed by atoms with van der Waals surface area (Å²) in [6.45, 7) is 3.83. The van der Waals surface area contributed by atoms with Crippen LogP contribution >= 0.6 is 23.1 Å². The Labute approximate surface area is 197 Å². The number of carbonyl (C=O) groups is 1. The van der Waals surface area contributed by atoms with E-state index in [1.54, 1.807) is 42.5 Å². The van der Waals surface area contributed by atoms with Crippen molar-refractivity contribution in [1.29, 1.82) is 0 Å². The number of carbonyl (C=O) groups excluding carboxylic acids is 1. The smallest absolute Gasteiger partial charge is 0.288 e. The predicted octanol–water partition coefficient (Wildman–Crippen LogP) is 7.04. The Bertz CT molecular complexity index is 1260. The fraction of sp³-hybridized carbons (Fsp3) is 0.167. The van der Waals surface area contributed by atoms with Crippen LogP contribution in [0.25, 0.3) is 10.2 Å². The molecule has 4 aromatic rings. The van der Waals surface area contributed by atoms with E-state index < -0.39 is 5.76 Å². The van der Waals surface area contributed by atoms with Gasteiger partial charge in [-0.15, -0.1) is 0 Å². The monoisotopic (exact) mass is 486 g/mol. The van der Waals surface area contributed by atoms with Gasteiger partial charge in [0.25, 0.3) is 11.7 Å². The Hall–Kier alpha value is -3.17.